The van der Waals surface area contributed by atoms with Crippen molar-refractivity contribution in [2.75, 3.05) is 96.9 Å². The summed E-state index contributed by atoms with van der Waals surface area (Å²) in [4.78, 5) is 45.0. The third kappa shape index (κ3) is 14.2. The molecule has 6 aliphatic heterocycles. The second-order valence-corrected chi connectivity index (χ2v) is 19.5. The van der Waals surface area contributed by atoms with E-state index in [-0.39, 0.29) is 43.1 Å². The van der Waals surface area contributed by atoms with E-state index in [2.05, 4.69) is 50.3 Å². The predicted octanol–water partition coefficient (Wildman–Crippen LogP) is 9.86. The number of amides is 2. The number of nitrogens with one attached hydrogen (secondary N) is 2. The molecule has 19 nitrogen and oxygen atoms in total. The first kappa shape index (κ1) is 55.7. The van der Waals surface area contributed by atoms with Gasteiger partial charge in [-0.15, -0.1) is 0 Å². The number of urea groups is 1. The van der Waals surface area contributed by atoms with Crippen molar-refractivity contribution >= 4 is 40.7 Å². The highest BCUT2D eigenvalue weighted by Gasteiger charge is 2.41. The number of pyridine rings is 2. The van der Waals surface area contributed by atoms with Crippen molar-refractivity contribution in [2.45, 2.75) is 88.4 Å². The molecule has 0 spiro atoms. The maximum absolute atomic E-state index is 13.6. The van der Waals surface area contributed by atoms with Crippen LogP contribution >= 0.6 is 0 Å². The molecule has 80 heavy (non-hydrogen) atoms. The smallest absolute Gasteiger partial charge is 0.416 e. The fourth-order valence-electron chi connectivity index (χ4n) is 9.99. The maximum Gasteiger partial charge on any atom is 0.416 e. The fourth-order valence-corrected chi connectivity index (χ4v) is 9.99. The fraction of sp³-hybridized carbons (Fsp3) is 0.436. The van der Waals surface area contributed by atoms with Crippen LogP contribution < -0.4 is 40.5 Å². The number of aromatic nitrogens is 6. The van der Waals surface area contributed by atoms with Gasteiger partial charge in [-0.25, -0.2) is 24.7 Å². The Bertz CT molecular complexity index is 3060. The molecule has 0 saturated carbocycles. The first-order valence-electron chi connectivity index (χ1n) is 26.6. The van der Waals surface area contributed by atoms with Crippen molar-refractivity contribution in [3.05, 3.63) is 108 Å². The third-order valence-electron chi connectivity index (χ3n) is 13.9. The molecule has 4 N–H and O–H groups in total. The zero-order valence-corrected chi connectivity index (χ0v) is 43.5. The van der Waals surface area contributed by atoms with Crippen molar-refractivity contribution in [1.29, 1.82) is 0 Å². The zero-order chi connectivity index (χ0) is 55.6. The van der Waals surface area contributed by atoms with Crippen molar-refractivity contribution < 1.29 is 59.6 Å². The Balaban J connectivity index is 0.000000153. The molecule has 4 saturated heterocycles. The highest BCUT2D eigenvalue weighted by Crippen LogP contribution is 2.42. The van der Waals surface area contributed by atoms with Gasteiger partial charge in [0.05, 0.1) is 53.1 Å². The van der Waals surface area contributed by atoms with Crippen LogP contribution in [0.3, 0.4) is 0 Å². The summed E-state index contributed by atoms with van der Waals surface area (Å²) in [5.41, 5.74) is 7.55. The van der Waals surface area contributed by atoms with Gasteiger partial charge in [0, 0.05) is 69.0 Å². The molecule has 4 fully saturated rings. The molecule has 4 aromatic heterocycles. The lowest BCUT2D eigenvalue weighted by Gasteiger charge is -2.35. The van der Waals surface area contributed by atoms with Gasteiger partial charge in [0.2, 0.25) is 0 Å². The maximum atomic E-state index is 13.6. The Morgan fingerprint density at radius 1 is 0.650 bits per heavy atom. The molecular weight excluding hydrogens is 1050 g/mol. The Morgan fingerprint density at radius 3 is 1.85 bits per heavy atom. The van der Waals surface area contributed by atoms with Gasteiger partial charge in [-0.05, 0) is 112 Å². The number of ether oxygens (including phenoxy) is 6. The van der Waals surface area contributed by atoms with Gasteiger partial charge in [-0.3, -0.25) is 10.2 Å². The molecule has 0 radical (unpaired) electrons. The zero-order valence-electron chi connectivity index (χ0n) is 43.5. The Kier molecular flexibility index (Phi) is 17.6. The normalized spacial score (nSPS) is 20.0. The SMILES string of the molecule is FC(F)(F)c1cccc(-c2ccc3c(n2)N[C@H]2CCN3C2)c1.Nc1ccnc(OCCOC2CCCCO2)n1.O=C(Nc1ccnc(OCCOC2CCCCO2)n1)N1c2nc(-c3cccc(C(F)(F)F)c3)ccc2N2CC[C@H]1C2. The van der Waals surface area contributed by atoms with Crippen LogP contribution in [-0.4, -0.2) is 126 Å². The molecule has 6 aromatic rings. The monoisotopic (exact) mass is 1110 g/mol. The molecule has 2 unspecified atom stereocenters. The second kappa shape index (κ2) is 25.2. The number of hydrogen-bond acceptors (Lipinski definition) is 17. The van der Waals surface area contributed by atoms with Gasteiger partial charge < -0.3 is 49.3 Å². The van der Waals surface area contributed by atoms with E-state index in [0.717, 1.165) is 119 Å². The van der Waals surface area contributed by atoms with E-state index in [9.17, 15) is 31.1 Å². The number of halogens is 6. The lowest BCUT2D eigenvalue weighted by atomic mass is 10.1. The minimum Gasteiger partial charge on any atom is -0.461 e. The van der Waals surface area contributed by atoms with E-state index in [4.69, 9.17) is 34.2 Å². The summed E-state index contributed by atoms with van der Waals surface area (Å²) in [5, 5.41) is 6.17. The van der Waals surface area contributed by atoms with Gasteiger partial charge >= 0.3 is 30.4 Å². The van der Waals surface area contributed by atoms with E-state index >= 15 is 0 Å². The molecule has 25 heteroatoms. The van der Waals surface area contributed by atoms with Crippen LogP contribution in [0.5, 0.6) is 12.0 Å². The van der Waals surface area contributed by atoms with Crippen molar-refractivity contribution in [3.8, 4) is 34.5 Å². The van der Waals surface area contributed by atoms with Crippen LogP contribution in [0.4, 0.5) is 65.8 Å². The predicted molar refractivity (Wildman–Crippen MR) is 284 cm³/mol. The van der Waals surface area contributed by atoms with Crippen LogP contribution in [0, 0.1) is 0 Å². The molecule has 4 atom stereocenters. The molecule has 12 rings (SSSR count). The van der Waals surface area contributed by atoms with Crippen LogP contribution in [0.1, 0.15) is 62.5 Å². The molecule has 424 valence electrons. The highest BCUT2D eigenvalue weighted by atomic mass is 19.4. The Labute approximate surface area is 457 Å². The van der Waals surface area contributed by atoms with Gasteiger partial charge in [0.15, 0.2) is 24.2 Å². The number of carbonyl (C=O) groups excluding carboxylic acids is 1. The summed E-state index contributed by atoms with van der Waals surface area (Å²) in [7, 11) is 0. The van der Waals surface area contributed by atoms with Gasteiger partial charge in [0.1, 0.15) is 24.8 Å². The highest BCUT2D eigenvalue weighted by molar-refractivity contribution is 6.04. The third-order valence-corrected chi connectivity index (χ3v) is 13.9. The summed E-state index contributed by atoms with van der Waals surface area (Å²) in [6.45, 7) is 6.20. The Morgan fingerprint density at radius 2 is 1.24 bits per heavy atom. The average molecular weight is 1120 g/mol. The number of carbonyl (C=O) groups is 1. The van der Waals surface area contributed by atoms with E-state index in [1.807, 2.05) is 6.07 Å². The lowest BCUT2D eigenvalue weighted by molar-refractivity contribution is -0.165. The van der Waals surface area contributed by atoms with E-state index in [1.54, 1.807) is 53.6 Å². The summed E-state index contributed by atoms with van der Waals surface area (Å²) >= 11 is 0. The molecule has 10 heterocycles. The average Bonchev–Trinajstić information content (AvgIpc) is 4.26. The number of benzene rings is 2. The van der Waals surface area contributed by atoms with E-state index < -0.39 is 29.5 Å². The molecule has 2 amide bonds. The van der Waals surface area contributed by atoms with E-state index in [1.165, 1.54) is 18.3 Å². The van der Waals surface area contributed by atoms with Gasteiger partial charge in [-0.1, -0.05) is 24.3 Å². The number of nitrogen functional groups attached to an aromatic ring is 1. The number of fused-ring (bicyclic) bond motifs is 8. The number of rotatable bonds is 13. The van der Waals surface area contributed by atoms with Crippen molar-refractivity contribution in [2.24, 2.45) is 0 Å². The summed E-state index contributed by atoms with van der Waals surface area (Å²) < 4.78 is 111. The molecule has 4 bridgehead atoms. The van der Waals surface area contributed by atoms with Crippen LogP contribution in [0.2, 0.25) is 0 Å². The summed E-state index contributed by atoms with van der Waals surface area (Å²) in [5.74, 6) is 1.79. The van der Waals surface area contributed by atoms with E-state index in [0.29, 0.717) is 73.2 Å². The summed E-state index contributed by atoms with van der Waals surface area (Å²) in [6, 6.07) is 20.8. The van der Waals surface area contributed by atoms with Crippen molar-refractivity contribution in [1.82, 2.24) is 29.9 Å². The molecular formula is C55H60F6N12O7. The number of anilines is 6. The van der Waals surface area contributed by atoms with Crippen LogP contribution in [0.15, 0.2) is 97.3 Å². The van der Waals surface area contributed by atoms with Crippen molar-refractivity contribution in [3.63, 3.8) is 0 Å². The first-order chi connectivity index (χ1) is 38.7. The number of nitrogens with zero attached hydrogens (tertiary/aromatic N) is 9. The summed E-state index contributed by atoms with van der Waals surface area (Å²) in [6.07, 6.45) is 1.90. The van der Waals surface area contributed by atoms with Crippen LogP contribution in [0.25, 0.3) is 22.5 Å². The minimum absolute atomic E-state index is 0.0888. The van der Waals surface area contributed by atoms with Gasteiger partial charge in [-0.2, -0.15) is 36.3 Å². The minimum atomic E-state index is -4.47. The molecule has 0 aliphatic carbocycles. The quantitative estimate of drug-likeness (QED) is 0.0726. The standard InChI is InChI=1S/C28H29F3N6O4.C16H14F3N3.C11H17N3O3/c29-28(30,31)19-5-3-4-18(16-19)21-7-8-22-25(33-21)37(20-10-12-36(22)17-20)27(38)35-23-9-11-32-26(34-23)41-15-14-40-24-6-1-2-13-39-24;17-16(18,19)11-3-1-2-10(8-11)13-4-5-14-15(21-13)20-12-6-7-22(14)9-12;12-9-4-5-13-11(14-9)17-8-7-16-10-3-1-2-6-15-10/h3-5,7-9,11,16,20,24H,1-2,6,10,12-15,17H2,(H,32,34,35,38);1-5,8,12H,6-7,9H2,(H,20,21);4-5,10H,1-3,6-8H2,(H2,12,13,14)/t20-,24?;12-;/m00./s1. The van der Waals surface area contributed by atoms with Gasteiger partial charge in [0.25, 0.3) is 0 Å². The number of hydrogen-bond donors (Lipinski definition) is 3. The first-order valence-corrected chi connectivity index (χ1v) is 26.6. The number of nitrogens with two attached hydrogens (primary N) is 1. The van der Waals surface area contributed by atoms with Crippen LogP contribution in [-0.2, 0) is 31.3 Å². The second-order valence-electron chi connectivity index (χ2n) is 19.5. The topological polar surface area (TPSA) is 210 Å². The lowest BCUT2D eigenvalue weighted by Crippen LogP contribution is -2.48. The molecule has 2 aromatic carbocycles. The largest absolute Gasteiger partial charge is 0.461 e. The number of alkyl halides is 6. The molecule has 6 aliphatic rings. The Hall–Kier alpha value is -7.61.